The summed E-state index contributed by atoms with van der Waals surface area (Å²) in [6.07, 6.45) is 1.08. The van der Waals surface area contributed by atoms with Crippen molar-refractivity contribution in [2.24, 2.45) is 0 Å². The minimum Gasteiger partial charge on any atom is -1.00 e. The van der Waals surface area contributed by atoms with Gasteiger partial charge in [0.1, 0.15) is 0 Å². The fourth-order valence-electron chi connectivity index (χ4n) is 0.921. The van der Waals surface area contributed by atoms with Gasteiger partial charge in [0.25, 0.3) is 10.1 Å². The standard InChI is InChI=1S/C8H15NO4S.Na.H/c1-5-7(10)9-8(2,3)6-14(11,12)13-4;;/h5H,1,6H2,2-4H3,(H,9,10);;/q;+1;-1. The Bertz CT molecular complexity index is 329. The topological polar surface area (TPSA) is 72.5 Å². The Labute approximate surface area is 114 Å². The summed E-state index contributed by atoms with van der Waals surface area (Å²) in [5.41, 5.74) is -0.875. The molecule has 7 heteroatoms. The molecule has 0 aliphatic heterocycles. The van der Waals surface area contributed by atoms with E-state index in [1.807, 2.05) is 0 Å². The van der Waals surface area contributed by atoms with Crippen molar-refractivity contribution in [1.29, 1.82) is 0 Å². The minimum absolute atomic E-state index is 0. The van der Waals surface area contributed by atoms with Crippen molar-refractivity contribution in [3.63, 3.8) is 0 Å². The third kappa shape index (κ3) is 7.98. The van der Waals surface area contributed by atoms with Crippen molar-refractivity contribution in [2.75, 3.05) is 12.9 Å². The van der Waals surface area contributed by atoms with Crippen molar-refractivity contribution in [3.05, 3.63) is 12.7 Å². The first-order valence-electron chi connectivity index (χ1n) is 3.95. The van der Waals surface area contributed by atoms with Gasteiger partial charge in [-0.1, -0.05) is 6.58 Å². The molecule has 0 rings (SSSR count). The summed E-state index contributed by atoms with van der Waals surface area (Å²) in [6.45, 7) is 6.45. The van der Waals surface area contributed by atoms with Crippen LogP contribution in [0, 0.1) is 0 Å². The van der Waals surface area contributed by atoms with Gasteiger partial charge in [-0.3, -0.25) is 8.98 Å². The number of nitrogens with one attached hydrogen (secondary N) is 1. The minimum atomic E-state index is -3.58. The van der Waals surface area contributed by atoms with Crippen molar-refractivity contribution in [2.45, 2.75) is 19.4 Å². The second-order valence-electron chi connectivity index (χ2n) is 3.45. The summed E-state index contributed by atoms with van der Waals surface area (Å²) in [6, 6.07) is 0. The van der Waals surface area contributed by atoms with Crippen LogP contribution >= 0.6 is 0 Å². The Balaban J connectivity index is -0.000000845. The van der Waals surface area contributed by atoms with E-state index in [0.29, 0.717) is 0 Å². The largest absolute Gasteiger partial charge is 1.00 e. The van der Waals surface area contributed by atoms with E-state index in [9.17, 15) is 13.2 Å². The van der Waals surface area contributed by atoms with E-state index in [2.05, 4.69) is 16.1 Å². The van der Waals surface area contributed by atoms with Crippen LogP contribution in [0.4, 0.5) is 0 Å². The SMILES string of the molecule is C=CC(=O)NC(C)(C)CS(=O)(=O)OC.[H-].[Na+]. The first-order valence-corrected chi connectivity index (χ1v) is 5.53. The number of hydrogen-bond donors (Lipinski definition) is 1. The van der Waals surface area contributed by atoms with E-state index in [1.165, 1.54) is 0 Å². The molecule has 0 fully saturated rings. The van der Waals surface area contributed by atoms with Crippen LogP contribution in [0.2, 0.25) is 0 Å². The first-order chi connectivity index (χ1) is 6.22. The maximum absolute atomic E-state index is 11.1. The quantitative estimate of drug-likeness (QED) is 0.322. The number of amides is 1. The van der Waals surface area contributed by atoms with E-state index in [-0.39, 0.29) is 36.7 Å². The molecule has 84 valence electrons. The van der Waals surface area contributed by atoms with Gasteiger partial charge in [-0.25, -0.2) is 0 Å². The summed E-state index contributed by atoms with van der Waals surface area (Å²) in [5.74, 6) is -0.697. The average Bonchev–Trinajstić information content (AvgIpc) is 2.01. The van der Waals surface area contributed by atoms with Gasteiger partial charge in [0, 0.05) is 0 Å². The molecule has 1 N–H and O–H groups in total. The molecule has 0 atom stereocenters. The molecule has 0 aliphatic carbocycles. The molecule has 0 aromatic carbocycles. The van der Waals surface area contributed by atoms with Gasteiger partial charge in [-0.05, 0) is 19.9 Å². The van der Waals surface area contributed by atoms with Gasteiger partial charge < -0.3 is 6.74 Å². The second-order valence-corrected chi connectivity index (χ2v) is 5.18. The van der Waals surface area contributed by atoms with Crippen LogP contribution in [-0.4, -0.2) is 32.7 Å². The Morgan fingerprint density at radius 1 is 1.60 bits per heavy atom. The number of carbonyl (C=O) groups is 1. The van der Waals surface area contributed by atoms with Gasteiger partial charge in [-0.15, -0.1) is 0 Å². The predicted octanol–water partition coefficient (Wildman–Crippen LogP) is -2.84. The smallest absolute Gasteiger partial charge is 1.00 e. The number of carbonyl (C=O) groups excluding carboxylic acids is 1. The number of rotatable bonds is 5. The van der Waals surface area contributed by atoms with Crippen molar-refractivity contribution in [1.82, 2.24) is 5.32 Å². The van der Waals surface area contributed by atoms with E-state index < -0.39 is 21.6 Å². The monoisotopic (exact) mass is 245 g/mol. The molecule has 1 amide bonds. The van der Waals surface area contributed by atoms with Crippen LogP contribution < -0.4 is 34.9 Å². The molecule has 0 saturated heterocycles. The fourth-order valence-corrected chi connectivity index (χ4v) is 2.00. The van der Waals surface area contributed by atoms with Crippen LogP contribution in [-0.2, 0) is 19.1 Å². The zero-order chi connectivity index (χ0) is 11.4. The second kappa shape index (κ2) is 6.65. The van der Waals surface area contributed by atoms with E-state index in [1.54, 1.807) is 13.8 Å². The third-order valence-electron chi connectivity index (χ3n) is 1.44. The Hall–Kier alpha value is 0.120. The van der Waals surface area contributed by atoms with Crippen LogP contribution in [0.15, 0.2) is 12.7 Å². The number of hydrogen-bond acceptors (Lipinski definition) is 4. The van der Waals surface area contributed by atoms with E-state index >= 15 is 0 Å². The van der Waals surface area contributed by atoms with Crippen molar-refractivity contribution in [3.8, 4) is 0 Å². The maximum atomic E-state index is 11.1. The zero-order valence-electron chi connectivity index (χ0n) is 10.5. The summed E-state index contributed by atoms with van der Waals surface area (Å²) in [4.78, 5) is 10.9. The molecule has 0 aliphatic rings. The Morgan fingerprint density at radius 3 is 2.40 bits per heavy atom. The molecular weight excluding hydrogens is 229 g/mol. The van der Waals surface area contributed by atoms with Crippen molar-refractivity contribution >= 4 is 16.0 Å². The molecule has 0 aromatic rings. The molecule has 0 aromatic heterocycles. The van der Waals surface area contributed by atoms with Gasteiger partial charge in [0.2, 0.25) is 5.91 Å². The van der Waals surface area contributed by atoms with Crippen LogP contribution in [0.5, 0.6) is 0 Å². The van der Waals surface area contributed by atoms with Gasteiger partial charge in [0.05, 0.1) is 18.4 Å². The summed E-state index contributed by atoms with van der Waals surface area (Å²) in [5, 5.41) is 2.48. The zero-order valence-corrected chi connectivity index (χ0v) is 12.3. The maximum Gasteiger partial charge on any atom is 1.00 e. The summed E-state index contributed by atoms with van der Waals surface area (Å²) >= 11 is 0. The molecule has 5 nitrogen and oxygen atoms in total. The Kier molecular flexibility index (Phi) is 7.76. The summed E-state index contributed by atoms with van der Waals surface area (Å²) < 4.78 is 26.5. The fraction of sp³-hybridized carbons (Fsp3) is 0.625. The Morgan fingerprint density at radius 2 is 2.07 bits per heavy atom. The average molecular weight is 245 g/mol. The normalized spacial score (nSPS) is 11.4. The summed E-state index contributed by atoms with van der Waals surface area (Å²) in [7, 11) is -2.50. The van der Waals surface area contributed by atoms with Gasteiger partial charge in [0.15, 0.2) is 0 Å². The van der Waals surface area contributed by atoms with Crippen molar-refractivity contribution < 1.29 is 48.4 Å². The molecule has 0 spiro atoms. The molecular formula is C8H16NNaO4S. The van der Waals surface area contributed by atoms with E-state index in [0.717, 1.165) is 13.2 Å². The predicted molar refractivity (Wildman–Crippen MR) is 54.3 cm³/mol. The molecule has 0 unspecified atom stereocenters. The first kappa shape index (κ1) is 17.5. The van der Waals surface area contributed by atoms with Gasteiger partial charge >= 0.3 is 29.6 Å². The van der Waals surface area contributed by atoms with Crippen LogP contribution in [0.1, 0.15) is 15.3 Å². The molecule has 0 bridgehead atoms. The third-order valence-corrected chi connectivity index (χ3v) is 3.02. The van der Waals surface area contributed by atoms with Crippen LogP contribution in [0.3, 0.4) is 0 Å². The van der Waals surface area contributed by atoms with Gasteiger partial charge in [-0.2, -0.15) is 8.42 Å². The van der Waals surface area contributed by atoms with Crippen LogP contribution in [0.25, 0.3) is 0 Å². The molecule has 15 heavy (non-hydrogen) atoms. The van der Waals surface area contributed by atoms with E-state index in [4.69, 9.17) is 0 Å². The molecule has 0 saturated carbocycles. The molecule has 0 radical (unpaired) electrons. The molecule has 0 heterocycles.